The van der Waals surface area contributed by atoms with Crippen LogP contribution in [0.2, 0.25) is 5.02 Å². The van der Waals surface area contributed by atoms with Gasteiger partial charge in [0.2, 0.25) is 0 Å². The number of rotatable bonds is 3. The minimum atomic E-state index is -0.287. The number of nitrogens with zero attached hydrogens (tertiary/aromatic N) is 2. The number of pyridine rings is 1. The van der Waals surface area contributed by atoms with Gasteiger partial charge in [-0.05, 0) is 43.0 Å². The Morgan fingerprint density at radius 1 is 1.33 bits per heavy atom. The van der Waals surface area contributed by atoms with Crippen molar-refractivity contribution in [1.82, 2.24) is 14.9 Å². The summed E-state index contributed by atoms with van der Waals surface area (Å²) in [6, 6.07) is 6.90. The first-order valence-corrected chi connectivity index (χ1v) is 9.20. The molecule has 3 heterocycles. The van der Waals surface area contributed by atoms with E-state index < -0.39 is 0 Å². The van der Waals surface area contributed by atoms with Gasteiger partial charge in [0.25, 0.3) is 5.91 Å². The second-order valence-electron chi connectivity index (χ2n) is 6.67. The summed E-state index contributed by atoms with van der Waals surface area (Å²) in [5.41, 5.74) is 1.84. The molecule has 2 aromatic heterocycles. The molecule has 27 heavy (non-hydrogen) atoms. The van der Waals surface area contributed by atoms with Crippen molar-refractivity contribution in [2.24, 2.45) is 0 Å². The van der Waals surface area contributed by atoms with E-state index in [2.05, 4.69) is 9.97 Å². The number of aromatic amines is 1. The lowest BCUT2D eigenvalue weighted by molar-refractivity contribution is 0.0713. The van der Waals surface area contributed by atoms with Crippen molar-refractivity contribution in [3.8, 4) is 5.75 Å². The number of hydrogen-bond donors (Lipinski definition) is 1. The molecule has 0 bridgehead atoms. The first-order valence-electron chi connectivity index (χ1n) is 8.82. The monoisotopic (exact) mass is 387 g/mol. The van der Waals surface area contributed by atoms with Gasteiger partial charge >= 0.3 is 0 Å². The zero-order chi connectivity index (χ0) is 19.0. The minimum Gasteiger partial charge on any atom is -0.497 e. The Hall–Kier alpha value is -2.60. The molecule has 3 aromatic rings. The zero-order valence-corrected chi connectivity index (χ0v) is 15.6. The van der Waals surface area contributed by atoms with Crippen LogP contribution in [0, 0.1) is 5.82 Å². The maximum absolute atomic E-state index is 14.4. The summed E-state index contributed by atoms with van der Waals surface area (Å²) in [5.74, 6) is 0.272. The molecule has 1 aromatic carbocycles. The average molecular weight is 388 g/mol. The zero-order valence-electron chi connectivity index (χ0n) is 14.8. The van der Waals surface area contributed by atoms with E-state index in [0.29, 0.717) is 53.5 Å². The molecule has 1 aliphatic rings. The molecule has 1 amide bonds. The molecule has 1 N–H and O–H groups in total. The molecule has 0 unspecified atom stereocenters. The molecular formula is C20H19ClFN3O2. The third-order valence-corrected chi connectivity index (χ3v) is 5.49. The van der Waals surface area contributed by atoms with Crippen LogP contribution in [0.25, 0.3) is 11.0 Å². The van der Waals surface area contributed by atoms with Crippen molar-refractivity contribution in [3.63, 3.8) is 0 Å². The molecule has 0 saturated carbocycles. The molecule has 7 heteroatoms. The van der Waals surface area contributed by atoms with Gasteiger partial charge in [-0.25, -0.2) is 9.37 Å². The third kappa shape index (κ3) is 3.25. The van der Waals surface area contributed by atoms with Crippen molar-refractivity contribution < 1.29 is 13.9 Å². The standard InChI is InChI=1S/C20H19ClFN3O2/c1-27-13-2-3-14(16(21)10-13)20(26)25-8-5-12(6-9-25)18-15-4-7-23-19(15)24-11-17(18)22/h2-4,7,10-12H,5-6,8-9H2,1H3,(H,23,24). The van der Waals surface area contributed by atoms with Crippen molar-refractivity contribution in [2.45, 2.75) is 18.8 Å². The van der Waals surface area contributed by atoms with Gasteiger partial charge in [0.15, 0.2) is 0 Å². The number of benzene rings is 1. The van der Waals surface area contributed by atoms with E-state index in [9.17, 15) is 9.18 Å². The molecule has 1 aliphatic heterocycles. The smallest absolute Gasteiger partial charge is 0.255 e. The van der Waals surface area contributed by atoms with Crippen LogP contribution in [-0.4, -0.2) is 41.0 Å². The summed E-state index contributed by atoms with van der Waals surface area (Å²) in [5, 5.41) is 1.19. The van der Waals surface area contributed by atoms with Crippen LogP contribution in [-0.2, 0) is 0 Å². The third-order valence-electron chi connectivity index (χ3n) is 5.18. The summed E-state index contributed by atoms with van der Waals surface area (Å²) in [6.45, 7) is 1.11. The highest BCUT2D eigenvalue weighted by atomic mass is 35.5. The number of carbonyl (C=O) groups excluding carboxylic acids is 1. The summed E-state index contributed by atoms with van der Waals surface area (Å²) < 4.78 is 19.6. The highest BCUT2D eigenvalue weighted by Crippen LogP contribution is 2.35. The van der Waals surface area contributed by atoms with E-state index in [0.717, 1.165) is 5.39 Å². The van der Waals surface area contributed by atoms with Gasteiger partial charge in [0.05, 0.1) is 23.9 Å². The number of nitrogens with one attached hydrogen (secondary N) is 1. The van der Waals surface area contributed by atoms with E-state index >= 15 is 0 Å². The lowest BCUT2D eigenvalue weighted by atomic mass is 9.87. The fourth-order valence-electron chi connectivity index (χ4n) is 3.76. The van der Waals surface area contributed by atoms with Gasteiger partial charge in [-0.2, -0.15) is 0 Å². The molecule has 4 rings (SSSR count). The number of carbonyl (C=O) groups is 1. The van der Waals surface area contributed by atoms with Crippen molar-refractivity contribution in [2.75, 3.05) is 20.2 Å². The van der Waals surface area contributed by atoms with Crippen LogP contribution < -0.4 is 4.74 Å². The second-order valence-corrected chi connectivity index (χ2v) is 7.08. The molecule has 0 aliphatic carbocycles. The Bertz CT molecular complexity index is 996. The Kier molecular flexibility index (Phi) is 4.74. The summed E-state index contributed by atoms with van der Waals surface area (Å²) >= 11 is 6.23. The van der Waals surface area contributed by atoms with Gasteiger partial charge in [0.1, 0.15) is 17.2 Å². The number of methoxy groups -OCH3 is 1. The SMILES string of the molecule is COc1ccc(C(=O)N2CCC(c3c(F)cnc4[nH]ccc34)CC2)c(Cl)c1. The predicted octanol–water partition coefficient (Wildman–Crippen LogP) is 4.38. The number of likely N-dealkylation sites (tertiary alicyclic amines) is 1. The number of piperidine rings is 1. The summed E-state index contributed by atoms with van der Waals surface area (Å²) in [4.78, 5) is 21.7. The minimum absolute atomic E-state index is 0.0571. The normalized spacial score (nSPS) is 15.3. The van der Waals surface area contributed by atoms with E-state index in [1.807, 2.05) is 6.07 Å². The van der Waals surface area contributed by atoms with Crippen LogP contribution >= 0.6 is 11.6 Å². The van der Waals surface area contributed by atoms with Crippen molar-refractivity contribution in [3.05, 3.63) is 58.6 Å². The number of amides is 1. The van der Waals surface area contributed by atoms with Gasteiger partial charge in [-0.3, -0.25) is 4.79 Å². The van der Waals surface area contributed by atoms with E-state index in [1.165, 1.54) is 6.20 Å². The summed E-state index contributed by atoms with van der Waals surface area (Å²) in [7, 11) is 1.55. The topological polar surface area (TPSA) is 58.2 Å². The molecular weight excluding hydrogens is 369 g/mol. The lowest BCUT2D eigenvalue weighted by Crippen LogP contribution is -2.38. The number of aromatic nitrogens is 2. The Morgan fingerprint density at radius 3 is 2.81 bits per heavy atom. The highest BCUT2D eigenvalue weighted by Gasteiger charge is 2.28. The maximum atomic E-state index is 14.4. The quantitative estimate of drug-likeness (QED) is 0.725. The van der Waals surface area contributed by atoms with Gasteiger partial charge < -0.3 is 14.6 Å². The number of fused-ring (bicyclic) bond motifs is 1. The van der Waals surface area contributed by atoms with Crippen LogP contribution in [0.5, 0.6) is 5.75 Å². The van der Waals surface area contributed by atoms with E-state index in [-0.39, 0.29) is 17.6 Å². The Labute approximate surface area is 161 Å². The number of H-pyrrole nitrogens is 1. The van der Waals surface area contributed by atoms with Crippen LogP contribution in [0.1, 0.15) is 34.7 Å². The first-order chi connectivity index (χ1) is 13.1. The van der Waals surface area contributed by atoms with Gasteiger partial charge in [0, 0.05) is 30.2 Å². The number of halogens is 2. The second kappa shape index (κ2) is 7.19. The molecule has 0 atom stereocenters. The van der Waals surface area contributed by atoms with Crippen LogP contribution in [0.15, 0.2) is 36.7 Å². The van der Waals surface area contributed by atoms with Crippen molar-refractivity contribution in [1.29, 1.82) is 0 Å². The Balaban J connectivity index is 1.51. The van der Waals surface area contributed by atoms with Gasteiger partial charge in [-0.1, -0.05) is 11.6 Å². The fourth-order valence-corrected chi connectivity index (χ4v) is 4.01. The molecule has 1 fully saturated rings. The fraction of sp³-hybridized carbons (Fsp3) is 0.300. The van der Waals surface area contributed by atoms with E-state index in [1.54, 1.807) is 36.4 Å². The van der Waals surface area contributed by atoms with Gasteiger partial charge in [-0.15, -0.1) is 0 Å². The Morgan fingerprint density at radius 2 is 2.11 bits per heavy atom. The average Bonchev–Trinajstić information content (AvgIpc) is 3.16. The largest absolute Gasteiger partial charge is 0.497 e. The molecule has 0 spiro atoms. The summed E-state index contributed by atoms with van der Waals surface area (Å²) in [6.07, 6.45) is 4.43. The first kappa shape index (κ1) is 17.8. The van der Waals surface area contributed by atoms with E-state index in [4.69, 9.17) is 16.3 Å². The molecule has 5 nitrogen and oxygen atoms in total. The lowest BCUT2D eigenvalue weighted by Gasteiger charge is -2.32. The predicted molar refractivity (Wildman–Crippen MR) is 102 cm³/mol. The van der Waals surface area contributed by atoms with Crippen LogP contribution in [0.3, 0.4) is 0 Å². The number of hydrogen-bond acceptors (Lipinski definition) is 3. The highest BCUT2D eigenvalue weighted by molar-refractivity contribution is 6.34. The van der Waals surface area contributed by atoms with Crippen LogP contribution in [0.4, 0.5) is 4.39 Å². The van der Waals surface area contributed by atoms with Crippen molar-refractivity contribution >= 4 is 28.5 Å². The number of ether oxygens (including phenoxy) is 1. The maximum Gasteiger partial charge on any atom is 0.255 e. The molecule has 1 saturated heterocycles. The molecule has 0 radical (unpaired) electrons. The molecule has 140 valence electrons.